The van der Waals surface area contributed by atoms with Gasteiger partial charge in [0, 0.05) is 12.0 Å². The molecule has 2 saturated carbocycles. The molecule has 2 aromatic rings. The first-order chi connectivity index (χ1) is 12.3. The standard InChI is InChI=1S/C17H17F3N4OS/c18-17(19,20)10-3-1-2-9(6-10)12-7-13(12)15(25)21-8-14-22-23-16(26)24(14)11-4-5-11/h1-3,6,11-13H,4-5,7-8H2,(H,21,25)(H,23,26). The van der Waals surface area contributed by atoms with Gasteiger partial charge in [-0.05, 0) is 49.0 Å². The third kappa shape index (κ3) is 3.40. The van der Waals surface area contributed by atoms with Crippen LogP contribution in [0.2, 0.25) is 0 Å². The lowest BCUT2D eigenvalue weighted by Crippen LogP contribution is -2.26. The highest BCUT2D eigenvalue weighted by Gasteiger charge is 2.44. The van der Waals surface area contributed by atoms with Crippen molar-refractivity contribution >= 4 is 18.1 Å². The minimum Gasteiger partial charge on any atom is -0.349 e. The summed E-state index contributed by atoms with van der Waals surface area (Å²) in [6.45, 7) is 0.258. The Morgan fingerprint density at radius 1 is 1.38 bits per heavy atom. The second kappa shape index (κ2) is 6.22. The zero-order valence-corrected chi connectivity index (χ0v) is 14.5. The van der Waals surface area contributed by atoms with Crippen molar-refractivity contribution in [1.82, 2.24) is 20.1 Å². The number of carbonyl (C=O) groups excluding carboxylic acids is 1. The van der Waals surface area contributed by atoms with Crippen LogP contribution in [0.5, 0.6) is 0 Å². The topological polar surface area (TPSA) is 62.7 Å². The van der Waals surface area contributed by atoms with Gasteiger partial charge in [-0.1, -0.05) is 18.2 Å². The lowest BCUT2D eigenvalue weighted by molar-refractivity contribution is -0.137. The molecule has 9 heteroatoms. The van der Waals surface area contributed by atoms with Crippen molar-refractivity contribution in [3.8, 4) is 0 Å². The van der Waals surface area contributed by atoms with Gasteiger partial charge in [0.25, 0.3) is 0 Å². The summed E-state index contributed by atoms with van der Waals surface area (Å²) < 4.78 is 40.9. The maximum Gasteiger partial charge on any atom is 0.416 e. The average molecular weight is 382 g/mol. The summed E-state index contributed by atoms with van der Waals surface area (Å²) in [5, 5.41) is 9.72. The summed E-state index contributed by atoms with van der Waals surface area (Å²) in [5.41, 5.74) is -0.123. The van der Waals surface area contributed by atoms with Crippen molar-refractivity contribution in [3.63, 3.8) is 0 Å². The van der Waals surface area contributed by atoms with E-state index in [0.29, 0.717) is 28.6 Å². The fourth-order valence-corrected chi connectivity index (χ4v) is 3.57. The molecule has 0 aliphatic heterocycles. The molecule has 1 aromatic heterocycles. The Morgan fingerprint density at radius 2 is 2.15 bits per heavy atom. The fraction of sp³-hybridized carbons (Fsp3) is 0.471. The highest BCUT2D eigenvalue weighted by atomic mass is 32.1. The van der Waals surface area contributed by atoms with E-state index in [2.05, 4.69) is 15.5 Å². The van der Waals surface area contributed by atoms with E-state index in [1.165, 1.54) is 6.07 Å². The number of amides is 1. The summed E-state index contributed by atoms with van der Waals surface area (Å²) in [6, 6.07) is 5.56. The molecule has 138 valence electrons. The third-order valence-corrected chi connectivity index (χ3v) is 5.17. The van der Waals surface area contributed by atoms with Crippen LogP contribution in [0.4, 0.5) is 13.2 Å². The first-order valence-electron chi connectivity index (χ1n) is 8.45. The molecule has 2 unspecified atom stereocenters. The molecule has 26 heavy (non-hydrogen) atoms. The Bertz CT molecular complexity index is 900. The van der Waals surface area contributed by atoms with Gasteiger partial charge in [-0.3, -0.25) is 14.5 Å². The average Bonchev–Trinajstić information content (AvgIpc) is 3.51. The largest absolute Gasteiger partial charge is 0.416 e. The van der Waals surface area contributed by atoms with E-state index in [-0.39, 0.29) is 24.3 Å². The quantitative estimate of drug-likeness (QED) is 0.775. The molecule has 2 fully saturated rings. The third-order valence-electron chi connectivity index (χ3n) is 4.88. The number of carbonyl (C=O) groups is 1. The van der Waals surface area contributed by atoms with Crippen LogP contribution in [0.25, 0.3) is 0 Å². The zero-order chi connectivity index (χ0) is 18.5. The van der Waals surface area contributed by atoms with E-state index in [1.807, 2.05) is 4.57 Å². The number of aromatic amines is 1. The van der Waals surface area contributed by atoms with Crippen LogP contribution < -0.4 is 5.32 Å². The number of aromatic nitrogens is 3. The van der Waals surface area contributed by atoms with Crippen molar-refractivity contribution in [2.45, 2.75) is 43.9 Å². The lowest BCUT2D eigenvalue weighted by atomic mass is 10.1. The van der Waals surface area contributed by atoms with Crippen LogP contribution in [0.3, 0.4) is 0 Å². The maximum absolute atomic E-state index is 12.8. The SMILES string of the molecule is O=C(NCc1n[nH]c(=S)n1C1CC1)C1CC1c1cccc(C(F)(F)F)c1. The Kier molecular flexibility index (Phi) is 4.13. The van der Waals surface area contributed by atoms with Crippen LogP contribution in [0.1, 0.15) is 48.2 Å². The molecule has 0 radical (unpaired) electrons. The molecule has 1 heterocycles. The van der Waals surface area contributed by atoms with Crippen LogP contribution >= 0.6 is 12.2 Å². The van der Waals surface area contributed by atoms with Crippen LogP contribution in [0.15, 0.2) is 24.3 Å². The van der Waals surface area contributed by atoms with Crippen molar-refractivity contribution in [2.24, 2.45) is 5.92 Å². The van der Waals surface area contributed by atoms with E-state index in [9.17, 15) is 18.0 Å². The molecule has 4 rings (SSSR count). The summed E-state index contributed by atoms with van der Waals surface area (Å²) in [7, 11) is 0. The molecular weight excluding hydrogens is 365 g/mol. The zero-order valence-electron chi connectivity index (χ0n) is 13.7. The smallest absolute Gasteiger partial charge is 0.349 e. The first-order valence-corrected chi connectivity index (χ1v) is 8.86. The second-order valence-corrected chi connectivity index (χ2v) is 7.22. The molecular formula is C17H17F3N4OS. The molecule has 5 nitrogen and oxygen atoms in total. The van der Waals surface area contributed by atoms with Gasteiger partial charge in [0.2, 0.25) is 5.91 Å². The number of halogens is 3. The molecule has 2 N–H and O–H groups in total. The highest BCUT2D eigenvalue weighted by Crippen LogP contribution is 2.48. The van der Waals surface area contributed by atoms with E-state index in [1.54, 1.807) is 6.07 Å². The molecule has 1 aromatic carbocycles. The molecule has 0 saturated heterocycles. The molecule has 0 spiro atoms. The van der Waals surface area contributed by atoms with Crippen LogP contribution in [0, 0.1) is 10.7 Å². The lowest BCUT2D eigenvalue weighted by Gasteiger charge is -2.09. The number of nitrogens with one attached hydrogen (secondary N) is 2. The van der Waals surface area contributed by atoms with E-state index in [4.69, 9.17) is 12.2 Å². The molecule has 2 aliphatic carbocycles. The van der Waals surface area contributed by atoms with Gasteiger partial charge in [-0.2, -0.15) is 18.3 Å². The van der Waals surface area contributed by atoms with Gasteiger partial charge >= 0.3 is 6.18 Å². The number of hydrogen-bond donors (Lipinski definition) is 2. The Hall–Kier alpha value is -2.16. The summed E-state index contributed by atoms with van der Waals surface area (Å²) in [6.07, 6.45) is -1.71. The predicted octanol–water partition coefficient (Wildman–Crippen LogP) is 3.71. The Morgan fingerprint density at radius 3 is 2.85 bits per heavy atom. The molecule has 1 amide bonds. The number of benzene rings is 1. The molecule has 2 atom stereocenters. The van der Waals surface area contributed by atoms with Crippen molar-refractivity contribution in [2.75, 3.05) is 0 Å². The number of alkyl halides is 3. The highest BCUT2D eigenvalue weighted by molar-refractivity contribution is 7.71. The normalized spacial score (nSPS) is 22.3. The van der Waals surface area contributed by atoms with Gasteiger partial charge in [0.05, 0.1) is 12.1 Å². The maximum atomic E-state index is 12.8. The van der Waals surface area contributed by atoms with Crippen molar-refractivity contribution in [3.05, 3.63) is 46.0 Å². The van der Waals surface area contributed by atoms with Crippen molar-refractivity contribution < 1.29 is 18.0 Å². The van der Waals surface area contributed by atoms with Crippen LogP contribution in [-0.2, 0) is 17.5 Å². The van der Waals surface area contributed by atoms with Gasteiger partial charge in [0.15, 0.2) is 10.6 Å². The van der Waals surface area contributed by atoms with Gasteiger partial charge < -0.3 is 5.32 Å². The summed E-state index contributed by atoms with van der Waals surface area (Å²) in [5.74, 6) is 0.0575. The number of hydrogen-bond acceptors (Lipinski definition) is 3. The van der Waals surface area contributed by atoms with Gasteiger partial charge in [-0.15, -0.1) is 0 Å². The Labute approximate surface area is 152 Å². The monoisotopic (exact) mass is 382 g/mol. The number of nitrogens with zero attached hydrogens (tertiary/aromatic N) is 2. The Balaban J connectivity index is 1.38. The van der Waals surface area contributed by atoms with E-state index in [0.717, 1.165) is 25.0 Å². The number of H-pyrrole nitrogens is 1. The predicted molar refractivity (Wildman–Crippen MR) is 89.8 cm³/mol. The van der Waals surface area contributed by atoms with Crippen LogP contribution in [-0.4, -0.2) is 20.7 Å². The van der Waals surface area contributed by atoms with Gasteiger partial charge in [-0.25, -0.2) is 0 Å². The van der Waals surface area contributed by atoms with E-state index < -0.39 is 11.7 Å². The summed E-state index contributed by atoms with van der Waals surface area (Å²) in [4.78, 5) is 12.3. The van der Waals surface area contributed by atoms with E-state index >= 15 is 0 Å². The minimum absolute atomic E-state index is 0.163. The molecule has 2 aliphatic rings. The fourth-order valence-electron chi connectivity index (χ4n) is 3.27. The minimum atomic E-state index is -4.37. The molecule has 0 bridgehead atoms. The first kappa shape index (κ1) is 17.3. The summed E-state index contributed by atoms with van der Waals surface area (Å²) >= 11 is 5.20. The second-order valence-electron chi connectivity index (χ2n) is 6.84. The van der Waals surface area contributed by atoms with Gasteiger partial charge in [0.1, 0.15) is 0 Å². The van der Waals surface area contributed by atoms with Crippen molar-refractivity contribution in [1.29, 1.82) is 0 Å². The number of rotatable bonds is 5.